The largest absolute Gasteiger partial charge is 0.476 e. The molecule has 0 saturated carbocycles. The van der Waals surface area contributed by atoms with Crippen LogP contribution < -0.4 is 0 Å². The molecule has 2 aromatic rings. The number of thiazole rings is 1. The molecule has 0 aliphatic carbocycles. The van der Waals surface area contributed by atoms with Gasteiger partial charge in [-0.15, -0.1) is 11.3 Å². The maximum absolute atomic E-state index is 10.7. The van der Waals surface area contributed by atoms with Gasteiger partial charge in [0.05, 0.1) is 0 Å². The minimum atomic E-state index is -0.979. The Kier molecular flexibility index (Phi) is 2.75. The molecule has 1 aromatic carbocycles. The Morgan fingerprint density at radius 3 is 2.75 bits per heavy atom. The van der Waals surface area contributed by atoms with Crippen LogP contribution in [0.5, 0.6) is 0 Å². The predicted molar refractivity (Wildman–Crippen MR) is 64.0 cm³/mol. The van der Waals surface area contributed by atoms with Crippen molar-refractivity contribution in [3.05, 3.63) is 40.4 Å². The second-order valence-corrected chi connectivity index (χ2v) is 4.52. The third-order valence-corrected chi connectivity index (χ3v) is 3.22. The van der Waals surface area contributed by atoms with Gasteiger partial charge in [0, 0.05) is 10.9 Å². The van der Waals surface area contributed by atoms with E-state index in [2.05, 4.69) is 4.98 Å². The predicted octanol–water partition coefficient (Wildman–Crippen LogP) is 3.13. The van der Waals surface area contributed by atoms with Gasteiger partial charge in [-0.25, -0.2) is 9.78 Å². The van der Waals surface area contributed by atoms with Crippen molar-refractivity contribution in [1.82, 2.24) is 4.98 Å². The number of hydrogen-bond donors (Lipinski definition) is 1. The molecule has 16 heavy (non-hydrogen) atoms. The third-order valence-electron chi connectivity index (χ3n) is 2.35. The molecule has 0 saturated heterocycles. The second kappa shape index (κ2) is 4.06. The van der Waals surface area contributed by atoms with Crippen LogP contribution in [0, 0.1) is 13.8 Å². The molecule has 0 aliphatic heterocycles. The molecule has 2 rings (SSSR count). The van der Waals surface area contributed by atoms with Crippen LogP contribution in [0.25, 0.3) is 10.6 Å². The zero-order valence-corrected chi connectivity index (χ0v) is 9.84. The lowest BCUT2D eigenvalue weighted by atomic mass is 10.1. The Morgan fingerprint density at radius 1 is 1.38 bits per heavy atom. The highest BCUT2D eigenvalue weighted by atomic mass is 32.1. The van der Waals surface area contributed by atoms with Crippen LogP contribution in [0.4, 0.5) is 0 Å². The quantitative estimate of drug-likeness (QED) is 0.867. The van der Waals surface area contributed by atoms with Crippen LogP contribution >= 0.6 is 11.3 Å². The highest BCUT2D eigenvalue weighted by Gasteiger charge is 2.11. The van der Waals surface area contributed by atoms with Crippen LogP contribution in [0.1, 0.15) is 21.6 Å². The molecule has 1 aromatic heterocycles. The number of nitrogens with zero attached hydrogens (tertiary/aromatic N) is 1. The van der Waals surface area contributed by atoms with Gasteiger partial charge in [0.2, 0.25) is 0 Å². The number of rotatable bonds is 2. The summed E-state index contributed by atoms with van der Waals surface area (Å²) in [5.41, 5.74) is 3.38. The molecule has 1 N–H and O–H groups in total. The van der Waals surface area contributed by atoms with Crippen molar-refractivity contribution in [1.29, 1.82) is 0 Å². The van der Waals surface area contributed by atoms with Crippen LogP contribution in [-0.2, 0) is 0 Å². The zero-order chi connectivity index (χ0) is 11.7. The molecule has 0 fully saturated rings. The van der Waals surface area contributed by atoms with Gasteiger partial charge in [-0.2, -0.15) is 0 Å². The number of benzene rings is 1. The first-order chi connectivity index (χ1) is 7.58. The van der Waals surface area contributed by atoms with E-state index in [4.69, 9.17) is 5.11 Å². The SMILES string of the molecule is Cc1ccc(C)c(-c2nc(C(=O)O)cs2)c1. The first kappa shape index (κ1) is 10.8. The van der Waals surface area contributed by atoms with Crippen molar-refractivity contribution in [3.63, 3.8) is 0 Å². The monoisotopic (exact) mass is 233 g/mol. The van der Waals surface area contributed by atoms with Gasteiger partial charge in [0.1, 0.15) is 5.01 Å². The molecular weight excluding hydrogens is 222 g/mol. The maximum Gasteiger partial charge on any atom is 0.355 e. The minimum Gasteiger partial charge on any atom is -0.476 e. The topological polar surface area (TPSA) is 50.2 Å². The molecular formula is C12H11NO2S. The molecule has 1 heterocycles. The van der Waals surface area contributed by atoms with Crippen LogP contribution in [0.2, 0.25) is 0 Å². The molecule has 82 valence electrons. The molecule has 0 unspecified atom stereocenters. The first-order valence-electron chi connectivity index (χ1n) is 4.84. The van der Waals surface area contributed by atoms with Gasteiger partial charge < -0.3 is 5.11 Å². The average molecular weight is 233 g/mol. The molecule has 0 amide bonds. The van der Waals surface area contributed by atoms with Crippen molar-refractivity contribution < 1.29 is 9.90 Å². The number of aromatic carboxylic acids is 1. The van der Waals surface area contributed by atoms with E-state index in [1.165, 1.54) is 11.3 Å². The summed E-state index contributed by atoms with van der Waals surface area (Å²) in [5, 5.41) is 11.1. The Labute approximate surface area is 97.4 Å². The van der Waals surface area contributed by atoms with E-state index in [1.54, 1.807) is 5.38 Å². The number of carboxylic acid groups (broad SMARTS) is 1. The third kappa shape index (κ3) is 1.97. The summed E-state index contributed by atoms with van der Waals surface area (Å²) in [5.74, 6) is -0.979. The molecule has 4 heteroatoms. The van der Waals surface area contributed by atoms with Gasteiger partial charge in [0.25, 0.3) is 0 Å². The van der Waals surface area contributed by atoms with E-state index in [1.807, 2.05) is 32.0 Å². The minimum absolute atomic E-state index is 0.112. The normalized spacial score (nSPS) is 10.4. The van der Waals surface area contributed by atoms with Crippen LogP contribution in [0.15, 0.2) is 23.6 Å². The van der Waals surface area contributed by atoms with E-state index in [0.717, 1.165) is 21.7 Å². The maximum atomic E-state index is 10.7. The highest BCUT2D eigenvalue weighted by molar-refractivity contribution is 7.13. The van der Waals surface area contributed by atoms with Crippen LogP contribution in [0.3, 0.4) is 0 Å². The summed E-state index contributed by atoms with van der Waals surface area (Å²) in [6.45, 7) is 4.01. The average Bonchev–Trinajstić information content (AvgIpc) is 2.70. The zero-order valence-electron chi connectivity index (χ0n) is 9.02. The molecule has 0 bridgehead atoms. The van der Waals surface area contributed by atoms with Crippen molar-refractivity contribution in [3.8, 4) is 10.6 Å². The lowest BCUT2D eigenvalue weighted by Crippen LogP contribution is -1.95. The summed E-state index contributed by atoms with van der Waals surface area (Å²) in [4.78, 5) is 14.8. The van der Waals surface area contributed by atoms with Gasteiger partial charge in [-0.05, 0) is 25.5 Å². The van der Waals surface area contributed by atoms with Crippen molar-refractivity contribution in [2.75, 3.05) is 0 Å². The van der Waals surface area contributed by atoms with Crippen molar-refractivity contribution in [2.24, 2.45) is 0 Å². The summed E-state index contributed by atoms with van der Waals surface area (Å²) in [6, 6.07) is 6.08. The first-order valence-corrected chi connectivity index (χ1v) is 5.72. The summed E-state index contributed by atoms with van der Waals surface area (Å²) in [6.07, 6.45) is 0. The Bertz CT molecular complexity index is 546. The fourth-order valence-electron chi connectivity index (χ4n) is 1.46. The Balaban J connectivity index is 2.50. The number of hydrogen-bond acceptors (Lipinski definition) is 3. The van der Waals surface area contributed by atoms with Gasteiger partial charge >= 0.3 is 5.97 Å². The van der Waals surface area contributed by atoms with Gasteiger partial charge in [-0.1, -0.05) is 17.7 Å². The van der Waals surface area contributed by atoms with Crippen molar-refractivity contribution in [2.45, 2.75) is 13.8 Å². The smallest absolute Gasteiger partial charge is 0.355 e. The molecule has 0 aliphatic rings. The van der Waals surface area contributed by atoms with E-state index >= 15 is 0 Å². The molecule has 0 atom stereocenters. The summed E-state index contributed by atoms with van der Waals surface area (Å²) < 4.78 is 0. The Hall–Kier alpha value is -1.68. The number of carbonyl (C=O) groups is 1. The standard InChI is InChI=1S/C12H11NO2S/c1-7-3-4-8(2)9(5-7)11-13-10(6-16-11)12(14)15/h3-6H,1-2H3,(H,14,15). The van der Waals surface area contributed by atoms with Gasteiger partial charge in [0.15, 0.2) is 5.69 Å². The van der Waals surface area contributed by atoms with E-state index in [-0.39, 0.29) is 5.69 Å². The number of carboxylic acids is 1. The lowest BCUT2D eigenvalue weighted by Gasteiger charge is -2.02. The number of aromatic nitrogens is 1. The van der Waals surface area contributed by atoms with Gasteiger partial charge in [-0.3, -0.25) is 0 Å². The van der Waals surface area contributed by atoms with Crippen molar-refractivity contribution >= 4 is 17.3 Å². The highest BCUT2D eigenvalue weighted by Crippen LogP contribution is 2.27. The lowest BCUT2D eigenvalue weighted by molar-refractivity contribution is 0.0691. The molecule has 3 nitrogen and oxygen atoms in total. The summed E-state index contributed by atoms with van der Waals surface area (Å²) >= 11 is 1.36. The van der Waals surface area contributed by atoms with Crippen LogP contribution in [-0.4, -0.2) is 16.1 Å². The molecule has 0 radical (unpaired) electrons. The Morgan fingerprint density at radius 2 is 2.12 bits per heavy atom. The summed E-state index contributed by atoms with van der Waals surface area (Å²) in [7, 11) is 0. The second-order valence-electron chi connectivity index (χ2n) is 3.66. The molecule has 0 spiro atoms. The van der Waals surface area contributed by atoms with E-state index < -0.39 is 5.97 Å². The fraction of sp³-hybridized carbons (Fsp3) is 0.167. The van der Waals surface area contributed by atoms with E-state index in [9.17, 15) is 4.79 Å². The van der Waals surface area contributed by atoms with E-state index in [0.29, 0.717) is 0 Å². The number of aryl methyl sites for hydroxylation is 2. The fourth-order valence-corrected chi connectivity index (χ4v) is 2.34.